The molecule has 0 spiro atoms. The first-order valence-corrected chi connectivity index (χ1v) is 11.5. The fourth-order valence-corrected chi connectivity index (χ4v) is 4.21. The van der Waals surface area contributed by atoms with Gasteiger partial charge in [-0.2, -0.15) is 13.2 Å². The number of alkyl halides is 3. The molecule has 0 aliphatic heterocycles. The molecule has 1 N–H and O–H groups in total. The van der Waals surface area contributed by atoms with Gasteiger partial charge in [0.15, 0.2) is 0 Å². The summed E-state index contributed by atoms with van der Waals surface area (Å²) in [6.45, 7) is -0.324. The fourth-order valence-electron chi connectivity index (χ4n) is 4.21. The van der Waals surface area contributed by atoms with E-state index in [-0.39, 0.29) is 12.5 Å². The average Bonchev–Trinajstić information content (AvgIpc) is 2.94. The van der Waals surface area contributed by atoms with Crippen LogP contribution in [0.2, 0.25) is 0 Å². The Morgan fingerprint density at radius 2 is 1.27 bits per heavy atom. The van der Waals surface area contributed by atoms with Crippen molar-refractivity contribution in [1.29, 1.82) is 0 Å². The van der Waals surface area contributed by atoms with Crippen LogP contribution < -0.4 is 10.1 Å². The van der Waals surface area contributed by atoms with Crippen LogP contribution in [0.1, 0.15) is 22.4 Å². The van der Waals surface area contributed by atoms with E-state index >= 15 is 0 Å². The fraction of sp³-hybridized carbons (Fsp3) is 0.172. The minimum Gasteiger partial charge on any atom is -0.475 e. The molecule has 190 valence electrons. The SMILES string of the molecule is COC(=O)C(COc1cccc(C(F)(F)F)n1)NC(c1ccccc1)(c1ccccc1)c1ccccc1. The topological polar surface area (TPSA) is 60.5 Å². The Morgan fingerprint density at radius 3 is 1.70 bits per heavy atom. The lowest BCUT2D eigenvalue weighted by Crippen LogP contribution is -2.55. The maximum atomic E-state index is 13.1. The van der Waals surface area contributed by atoms with Crippen molar-refractivity contribution in [1.82, 2.24) is 10.3 Å². The van der Waals surface area contributed by atoms with E-state index in [9.17, 15) is 18.0 Å². The largest absolute Gasteiger partial charge is 0.475 e. The lowest BCUT2D eigenvalue weighted by molar-refractivity contribution is -0.145. The number of hydrogen-bond acceptors (Lipinski definition) is 5. The Labute approximate surface area is 212 Å². The summed E-state index contributed by atoms with van der Waals surface area (Å²) in [5, 5.41) is 3.43. The summed E-state index contributed by atoms with van der Waals surface area (Å²) in [7, 11) is 1.24. The van der Waals surface area contributed by atoms with Crippen molar-refractivity contribution in [3.8, 4) is 5.88 Å². The third-order valence-corrected chi connectivity index (χ3v) is 5.91. The van der Waals surface area contributed by atoms with E-state index in [1.807, 2.05) is 91.0 Å². The second-order valence-corrected chi connectivity index (χ2v) is 8.24. The van der Waals surface area contributed by atoms with Crippen LogP contribution in [-0.4, -0.2) is 30.7 Å². The highest BCUT2D eigenvalue weighted by Crippen LogP contribution is 2.37. The number of benzene rings is 3. The number of halogens is 3. The van der Waals surface area contributed by atoms with Crippen LogP contribution in [0.3, 0.4) is 0 Å². The van der Waals surface area contributed by atoms with Gasteiger partial charge in [0.05, 0.1) is 12.6 Å². The van der Waals surface area contributed by atoms with Crippen LogP contribution in [0.15, 0.2) is 109 Å². The van der Waals surface area contributed by atoms with Gasteiger partial charge in [0.2, 0.25) is 5.88 Å². The number of nitrogens with one attached hydrogen (secondary N) is 1. The normalized spacial score (nSPS) is 12.5. The van der Waals surface area contributed by atoms with Gasteiger partial charge in [-0.3, -0.25) is 10.1 Å². The van der Waals surface area contributed by atoms with Gasteiger partial charge >= 0.3 is 12.1 Å². The molecule has 5 nitrogen and oxygen atoms in total. The van der Waals surface area contributed by atoms with Crippen LogP contribution in [0.25, 0.3) is 0 Å². The molecule has 4 rings (SSSR count). The molecule has 1 heterocycles. The minimum atomic E-state index is -4.62. The van der Waals surface area contributed by atoms with Crippen LogP contribution in [0.4, 0.5) is 13.2 Å². The summed E-state index contributed by atoms with van der Waals surface area (Å²) in [5.41, 5.74) is 0.433. The van der Waals surface area contributed by atoms with Gasteiger partial charge in [0.25, 0.3) is 0 Å². The third kappa shape index (κ3) is 5.81. The molecular formula is C29H25F3N2O3. The number of esters is 1. The second kappa shape index (κ2) is 11.3. The van der Waals surface area contributed by atoms with Crippen molar-refractivity contribution in [2.24, 2.45) is 0 Å². The zero-order chi connectivity index (χ0) is 26.3. The number of aromatic nitrogens is 1. The zero-order valence-electron chi connectivity index (χ0n) is 20.0. The Bertz CT molecular complexity index is 1200. The van der Waals surface area contributed by atoms with Crippen molar-refractivity contribution in [2.75, 3.05) is 13.7 Å². The summed E-state index contributed by atoms with van der Waals surface area (Å²) in [6.07, 6.45) is -4.62. The Kier molecular flexibility index (Phi) is 7.89. The summed E-state index contributed by atoms with van der Waals surface area (Å²) in [4.78, 5) is 16.5. The van der Waals surface area contributed by atoms with E-state index in [2.05, 4.69) is 10.3 Å². The van der Waals surface area contributed by atoms with Gasteiger partial charge < -0.3 is 9.47 Å². The molecule has 0 saturated carbocycles. The van der Waals surface area contributed by atoms with Gasteiger partial charge in [0.1, 0.15) is 18.3 Å². The Hall–Kier alpha value is -4.17. The van der Waals surface area contributed by atoms with Crippen LogP contribution >= 0.6 is 0 Å². The van der Waals surface area contributed by atoms with E-state index < -0.39 is 29.4 Å². The molecule has 37 heavy (non-hydrogen) atoms. The van der Waals surface area contributed by atoms with Crippen molar-refractivity contribution in [2.45, 2.75) is 17.8 Å². The van der Waals surface area contributed by atoms with Crippen molar-refractivity contribution in [3.05, 3.63) is 132 Å². The summed E-state index contributed by atoms with van der Waals surface area (Å²) < 4.78 is 50.0. The van der Waals surface area contributed by atoms with Gasteiger partial charge in [-0.1, -0.05) is 97.1 Å². The molecule has 8 heteroatoms. The highest BCUT2D eigenvalue weighted by molar-refractivity contribution is 5.76. The summed E-state index contributed by atoms with van der Waals surface area (Å²) in [5.74, 6) is -0.894. The molecule has 3 aromatic carbocycles. The monoisotopic (exact) mass is 506 g/mol. The minimum absolute atomic E-state index is 0.254. The summed E-state index contributed by atoms with van der Waals surface area (Å²) in [6, 6.07) is 31.0. The standard InChI is InChI=1S/C29H25F3N2O3/c1-36-27(35)24(20-37-26-19-11-18-25(33-26)29(30,31)32)34-28(21-12-5-2-6-13-21,22-14-7-3-8-15-22)23-16-9-4-10-17-23/h2-19,24,34H,20H2,1H3. The predicted octanol–water partition coefficient (Wildman–Crippen LogP) is 5.60. The first-order valence-electron chi connectivity index (χ1n) is 11.5. The smallest absolute Gasteiger partial charge is 0.433 e. The lowest BCUT2D eigenvalue weighted by atomic mass is 9.76. The number of pyridine rings is 1. The molecule has 0 aliphatic rings. The van der Waals surface area contributed by atoms with Crippen molar-refractivity contribution in [3.63, 3.8) is 0 Å². The quantitative estimate of drug-likeness (QED) is 0.237. The number of carbonyl (C=O) groups excluding carboxylic acids is 1. The average molecular weight is 507 g/mol. The number of carbonyl (C=O) groups is 1. The highest BCUT2D eigenvalue weighted by atomic mass is 19.4. The maximum Gasteiger partial charge on any atom is 0.433 e. The molecule has 0 radical (unpaired) electrons. The molecule has 1 unspecified atom stereocenters. The molecule has 0 bridgehead atoms. The number of nitrogens with zero attached hydrogens (tertiary/aromatic N) is 1. The van der Waals surface area contributed by atoms with Gasteiger partial charge in [0, 0.05) is 6.07 Å². The Morgan fingerprint density at radius 1 is 0.784 bits per heavy atom. The number of hydrogen-bond donors (Lipinski definition) is 1. The summed E-state index contributed by atoms with van der Waals surface area (Å²) >= 11 is 0. The number of rotatable bonds is 9. The molecule has 1 aromatic heterocycles. The molecule has 1 atom stereocenters. The first-order chi connectivity index (χ1) is 17.8. The highest BCUT2D eigenvalue weighted by Gasteiger charge is 2.40. The van der Waals surface area contributed by atoms with Crippen LogP contribution in [0, 0.1) is 0 Å². The van der Waals surface area contributed by atoms with Crippen molar-refractivity contribution >= 4 is 5.97 Å². The van der Waals surface area contributed by atoms with E-state index in [0.29, 0.717) is 0 Å². The van der Waals surface area contributed by atoms with Gasteiger partial charge in [-0.25, -0.2) is 4.98 Å². The van der Waals surface area contributed by atoms with Crippen LogP contribution in [-0.2, 0) is 21.2 Å². The molecule has 0 saturated heterocycles. The zero-order valence-corrected chi connectivity index (χ0v) is 20.0. The number of methoxy groups -OCH3 is 1. The van der Waals surface area contributed by atoms with E-state index in [4.69, 9.17) is 9.47 Å². The number of ether oxygens (including phenoxy) is 2. The molecule has 0 fully saturated rings. The predicted molar refractivity (Wildman–Crippen MR) is 133 cm³/mol. The van der Waals surface area contributed by atoms with E-state index in [1.54, 1.807) is 0 Å². The third-order valence-electron chi connectivity index (χ3n) is 5.91. The van der Waals surface area contributed by atoms with E-state index in [1.165, 1.54) is 19.2 Å². The lowest BCUT2D eigenvalue weighted by Gasteiger charge is -2.39. The second-order valence-electron chi connectivity index (χ2n) is 8.24. The molecule has 0 amide bonds. The van der Waals surface area contributed by atoms with Gasteiger partial charge in [-0.05, 0) is 22.8 Å². The van der Waals surface area contributed by atoms with E-state index in [0.717, 1.165) is 22.8 Å². The van der Waals surface area contributed by atoms with Gasteiger partial charge in [-0.15, -0.1) is 0 Å². The molecular weight excluding hydrogens is 481 g/mol. The first kappa shape index (κ1) is 25.9. The molecule has 0 aliphatic carbocycles. The van der Waals surface area contributed by atoms with Crippen molar-refractivity contribution < 1.29 is 27.4 Å². The molecule has 4 aromatic rings. The van der Waals surface area contributed by atoms with Crippen LogP contribution in [0.5, 0.6) is 5.88 Å². The Balaban J connectivity index is 1.78. The maximum absolute atomic E-state index is 13.1.